The first-order valence-electron chi connectivity index (χ1n) is 8.26. The summed E-state index contributed by atoms with van der Waals surface area (Å²) in [6, 6.07) is 0. The largest absolute Gasteiger partial charge is 0.494 e. The Hall–Kier alpha value is -3.30. The van der Waals surface area contributed by atoms with E-state index in [1.165, 1.54) is 19.5 Å². The molecule has 3 aromatic rings. The van der Waals surface area contributed by atoms with E-state index in [2.05, 4.69) is 29.7 Å². The van der Waals surface area contributed by atoms with Gasteiger partial charge in [-0.15, -0.1) is 10.2 Å². The summed E-state index contributed by atoms with van der Waals surface area (Å²) >= 11 is 0. The minimum absolute atomic E-state index is 0.150. The summed E-state index contributed by atoms with van der Waals surface area (Å²) in [5.74, 6) is 2.06. The molecule has 0 saturated heterocycles. The van der Waals surface area contributed by atoms with Gasteiger partial charge in [0, 0.05) is 25.5 Å². The van der Waals surface area contributed by atoms with Crippen LogP contribution in [0.25, 0.3) is 0 Å². The second kappa shape index (κ2) is 6.90. The van der Waals surface area contributed by atoms with E-state index in [0.717, 1.165) is 24.6 Å². The van der Waals surface area contributed by atoms with Crippen LogP contribution in [0.2, 0.25) is 0 Å². The summed E-state index contributed by atoms with van der Waals surface area (Å²) in [7, 11) is 1.53. The summed E-state index contributed by atoms with van der Waals surface area (Å²) < 4.78 is 9.04. The third kappa shape index (κ3) is 3.13. The Morgan fingerprint density at radius 3 is 2.81 bits per heavy atom. The van der Waals surface area contributed by atoms with E-state index < -0.39 is 0 Å². The van der Waals surface area contributed by atoms with E-state index >= 15 is 0 Å². The van der Waals surface area contributed by atoms with Gasteiger partial charge in [-0.1, -0.05) is 0 Å². The summed E-state index contributed by atoms with van der Waals surface area (Å²) in [6.07, 6.45) is 9.15. The number of fused-ring (bicyclic) bond motifs is 1. The molecule has 134 valence electrons. The fraction of sp³-hybridized carbons (Fsp3) is 0.375. The quantitative estimate of drug-likeness (QED) is 0.666. The van der Waals surface area contributed by atoms with Crippen LogP contribution in [-0.4, -0.2) is 58.7 Å². The standard InChI is InChI=1S/C16H18N8O2/c1-26-12-7-18-15(19-8-12)16(25)23-4-2-5-24-13(20-21-14(24)10-23)9-22-6-3-17-11-22/h3,6-8,11H,2,4-5,9-10H2,1H3. The van der Waals surface area contributed by atoms with Gasteiger partial charge in [0.15, 0.2) is 17.4 Å². The van der Waals surface area contributed by atoms with Crippen LogP contribution in [0, 0.1) is 0 Å². The molecule has 10 heteroatoms. The van der Waals surface area contributed by atoms with Gasteiger partial charge in [0.1, 0.15) is 0 Å². The van der Waals surface area contributed by atoms with Gasteiger partial charge >= 0.3 is 0 Å². The molecule has 0 spiro atoms. The molecule has 26 heavy (non-hydrogen) atoms. The van der Waals surface area contributed by atoms with Gasteiger partial charge in [-0.05, 0) is 6.42 Å². The molecule has 4 heterocycles. The average Bonchev–Trinajstić information content (AvgIpc) is 3.26. The van der Waals surface area contributed by atoms with Crippen LogP contribution in [0.5, 0.6) is 5.75 Å². The van der Waals surface area contributed by atoms with Crippen LogP contribution in [-0.2, 0) is 19.6 Å². The van der Waals surface area contributed by atoms with Crippen molar-refractivity contribution in [2.45, 2.75) is 26.1 Å². The van der Waals surface area contributed by atoms with Crippen molar-refractivity contribution in [3.63, 3.8) is 0 Å². The Labute approximate surface area is 149 Å². The second-order valence-electron chi connectivity index (χ2n) is 5.95. The number of nitrogens with zero attached hydrogens (tertiary/aromatic N) is 8. The van der Waals surface area contributed by atoms with Crippen molar-refractivity contribution in [3.05, 3.63) is 48.6 Å². The van der Waals surface area contributed by atoms with Crippen LogP contribution in [0.15, 0.2) is 31.1 Å². The second-order valence-corrected chi connectivity index (χ2v) is 5.95. The molecule has 1 amide bonds. The number of rotatable bonds is 4. The van der Waals surface area contributed by atoms with E-state index in [9.17, 15) is 4.79 Å². The molecule has 0 fully saturated rings. The zero-order chi connectivity index (χ0) is 17.9. The fourth-order valence-corrected chi connectivity index (χ4v) is 2.92. The normalized spacial score (nSPS) is 14.0. The zero-order valence-corrected chi connectivity index (χ0v) is 14.3. The number of aromatic nitrogens is 7. The van der Waals surface area contributed by atoms with Crippen LogP contribution in [0.1, 0.15) is 28.7 Å². The zero-order valence-electron chi connectivity index (χ0n) is 14.3. The summed E-state index contributed by atoms with van der Waals surface area (Å²) in [4.78, 5) is 26.6. The van der Waals surface area contributed by atoms with Gasteiger partial charge < -0.3 is 18.8 Å². The lowest BCUT2D eigenvalue weighted by atomic mass is 10.3. The highest BCUT2D eigenvalue weighted by Gasteiger charge is 2.25. The monoisotopic (exact) mass is 354 g/mol. The van der Waals surface area contributed by atoms with Crippen molar-refractivity contribution in [2.75, 3.05) is 13.7 Å². The van der Waals surface area contributed by atoms with Gasteiger partial charge in [0.25, 0.3) is 5.91 Å². The first-order chi connectivity index (χ1) is 12.7. The molecule has 0 aliphatic carbocycles. The smallest absolute Gasteiger partial charge is 0.292 e. The molecule has 4 rings (SSSR count). The maximum Gasteiger partial charge on any atom is 0.292 e. The number of methoxy groups -OCH3 is 1. The molecular formula is C16H18N8O2. The molecule has 0 unspecified atom stereocenters. The first kappa shape index (κ1) is 16.2. The lowest BCUT2D eigenvalue weighted by molar-refractivity contribution is 0.0731. The molecular weight excluding hydrogens is 336 g/mol. The Bertz CT molecular complexity index is 888. The lowest BCUT2D eigenvalue weighted by Crippen LogP contribution is -2.32. The van der Waals surface area contributed by atoms with Crippen LogP contribution < -0.4 is 4.74 Å². The Balaban J connectivity index is 1.52. The maximum atomic E-state index is 12.7. The lowest BCUT2D eigenvalue weighted by Gasteiger charge is -2.18. The highest BCUT2D eigenvalue weighted by Crippen LogP contribution is 2.15. The van der Waals surface area contributed by atoms with E-state index in [1.54, 1.807) is 17.4 Å². The molecule has 1 aliphatic heterocycles. The molecule has 0 aromatic carbocycles. The van der Waals surface area contributed by atoms with Crippen LogP contribution >= 0.6 is 0 Å². The molecule has 0 N–H and O–H groups in total. The summed E-state index contributed by atoms with van der Waals surface area (Å²) in [6.45, 7) is 2.36. The number of ether oxygens (including phenoxy) is 1. The van der Waals surface area contributed by atoms with E-state index in [0.29, 0.717) is 25.4 Å². The Morgan fingerprint density at radius 2 is 2.08 bits per heavy atom. The topological polar surface area (TPSA) is 104 Å². The predicted molar refractivity (Wildman–Crippen MR) is 89.3 cm³/mol. The summed E-state index contributed by atoms with van der Waals surface area (Å²) in [5.41, 5.74) is 0. The van der Waals surface area contributed by atoms with Crippen molar-refractivity contribution >= 4 is 5.91 Å². The van der Waals surface area contributed by atoms with Crippen LogP contribution in [0.3, 0.4) is 0 Å². The van der Waals surface area contributed by atoms with Crippen molar-refractivity contribution in [1.82, 2.24) is 39.2 Å². The summed E-state index contributed by atoms with van der Waals surface area (Å²) in [5, 5.41) is 8.56. The maximum absolute atomic E-state index is 12.7. The SMILES string of the molecule is COc1cnc(C(=O)N2CCCn3c(nnc3Cn3ccnc3)C2)nc1. The van der Waals surface area contributed by atoms with Crippen molar-refractivity contribution in [1.29, 1.82) is 0 Å². The molecule has 0 bridgehead atoms. The molecule has 3 aromatic heterocycles. The average molecular weight is 354 g/mol. The van der Waals surface area contributed by atoms with Gasteiger partial charge in [-0.25, -0.2) is 15.0 Å². The van der Waals surface area contributed by atoms with Gasteiger partial charge in [0.2, 0.25) is 5.82 Å². The van der Waals surface area contributed by atoms with Gasteiger partial charge in [-0.2, -0.15) is 0 Å². The Kier molecular flexibility index (Phi) is 4.30. The first-order valence-corrected chi connectivity index (χ1v) is 8.26. The number of carbonyl (C=O) groups is 1. The van der Waals surface area contributed by atoms with E-state index in [1.807, 2.05) is 10.8 Å². The van der Waals surface area contributed by atoms with Crippen molar-refractivity contribution in [3.8, 4) is 5.75 Å². The Morgan fingerprint density at radius 1 is 1.23 bits per heavy atom. The third-order valence-corrected chi connectivity index (χ3v) is 4.27. The molecule has 10 nitrogen and oxygen atoms in total. The minimum Gasteiger partial charge on any atom is -0.494 e. The molecule has 0 radical (unpaired) electrons. The minimum atomic E-state index is -0.222. The number of imidazole rings is 1. The molecule has 1 aliphatic rings. The third-order valence-electron chi connectivity index (χ3n) is 4.27. The fourth-order valence-electron chi connectivity index (χ4n) is 2.92. The number of hydrogen-bond donors (Lipinski definition) is 0. The predicted octanol–water partition coefficient (Wildman–Crippen LogP) is 0.368. The number of hydrogen-bond acceptors (Lipinski definition) is 7. The molecule has 0 atom stereocenters. The highest BCUT2D eigenvalue weighted by molar-refractivity contribution is 5.90. The van der Waals surface area contributed by atoms with E-state index in [4.69, 9.17) is 4.74 Å². The van der Waals surface area contributed by atoms with Crippen molar-refractivity contribution < 1.29 is 9.53 Å². The van der Waals surface area contributed by atoms with Crippen LogP contribution in [0.4, 0.5) is 0 Å². The number of amides is 1. The van der Waals surface area contributed by atoms with Crippen molar-refractivity contribution in [2.24, 2.45) is 0 Å². The van der Waals surface area contributed by atoms with Gasteiger partial charge in [0.05, 0.1) is 38.9 Å². The number of carbonyl (C=O) groups excluding carboxylic acids is 1. The van der Waals surface area contributed by atoms with Gasteiger partial charge in [-0.3, -0.25) is 4.79 Å². The highest BCUT2D eigenvalue weighted by atomic mass is 16.5. The molecule has 0 saturated carbocycles. The van der Waals surface area contributed by atoms with E-state index in [-0.39, 0.29) is 11.7 Å².